The first-order valence-electron chi connectivity index (χ1n) is 11.1. The smallest absolute Gasteiger partial charge is 0.220 e. The molecule has 0 heterocycles. The maximum atomic E-state index is 12.5. The predicted molar refractivity (Wildman–Crippen MR) is 112 cm³/mol. The van der Waals surface area contributed by atoms with E-state index >= 15 is 0 Å². The molecule has 2 N–H and O–H groups in total. The highest BCUT2D eigenvalue weighted by atomic mass is 16.5. The fraction of sp³-hybridized carbons (Fsp3) is 0.667. The maximum Gasteiger partial charge on any atom is 0.220 e. The number of hydrogen-bond donors (Lipinski definition) is 2. The molecular weight excluding hydrogens is 364 g/mol. The average molecular weight is 399 g/mol. The highest BCUT2D eigenvalue weighted by molar-refractivity contribution is 5.83. The van der Waals surface area contributed by atoms with Gasteiger partial charge in [0.05, 0.1) is 7.11 Å². The maximum absolute atomic E-state index is 12.5. The van der Waals surface area contributed by atoms with Gasteiger partial charge < -0.3 is 15.4 Å². The molecule has 0 aliphatic heterocycles. The summed E-state index contributed by atoms with van der Waals surface area (Å²) in [6.07, 6.45) is 8.54. The summed E-state index contributed by atoms with van der Waals surface area (Å²) in [6, 6.07) is 7.84. The molecule has 0 spiro atoms. The first-order chi connectivity index (χ1) is 14.0. The normalized spacial score (nSPS) is 30.6. The van der Waals surface area contributed by atoms with Gasteiger partial charge in [-0.3, -0.25) is 9.59 Å². The predicted octanol–water partition coefficient (Wildman–Crippen LogP) is 3.81. The number of methoxy groups -OCH3 is 1. The lowest BCUT2D eigenvalue weighted by Crippen LogP contribution is -2.55. The summed E-state index contributed by atoms with van der Waals surface area (Å²) in [5.74, 6) is 3.32. The summed E-state index contributed by atoms with van der Waals surface area (Å²) in [5.41, 5.74) is 1.29. The molecule has 4 aliphatic rings. The summed E-state index contributed by atoms with van der Waals surface area (Å²) in [4.78, 5) is 24.7. The van der Waals surface area contributed by atoms with Crippen molar-refractivity contribution in [2.75, 3.05) is 7.11 Å². The molecule has 1 atom stereocenters. The van der Waals surface area contributed by atoms with Crippen molar-refractivity contribution >= 4 is 11.8 Å². The molecule has 1 aromatic carbocycles. The number of hydrogen-bond acceptors (Lipinski definition) is 3. The molecule has 2 amide bonds. The quantitative estimate of drug-likeness (QED) is 0.700. The van der Waals surface area contributed by atoms with E-state index in [2.05, 4.69) is 17.6 Å². The van der Waals surface area contributed by atoms with Crippen LogP contribution in [0, 0.1) is 23.2 Å². The Hall–Kier alpha value is -2.04. The van der Waals surface area contributed by atoms with Gasteiger partial charge in [0.25, 0.3) is 0 Å². The highest BCUT2D eigenvalue weighted by Crippen LogP contribution is 2.61. The summed E-state index contributed by atoms with van der Waals surface area (Å²) in [7, 11) is 1.63. The first kappa shape index (κ1) is 20.2. The Morgan fingerprint density at radius 3 is 2.31 bits per heavy atom. The molecule has 0 aromatic heterocycles. The van der Waals surface area contributed by atoms with Crippen LogP contribution >= 0.6 is 0 Å². The third-order valence-corrected chi connectivity index (χ3v) is 7.58. The molecule has 158 valence electrons. The number of carbonyl (C=O) groups excluding carboxylic acids is 2. The Bertz CT molecular complexity index is 725. The molecule has 5 rings (SSSR count). The van der Waals surface area contributed by atoms with Crippen LogP contribution in [0.3, 0.4) is 0 Å². The van der Waals surface area contributed by atoms with E-state index in [0.717, 1.165) is 29.1 Å². The van der Waals surface area contributed by atoms with E-state index in [1.54, 1.807) is 7.11 Å². The fourth-order valence-electron chi connectivity index (χ4n) is 6.47. The number of benzene rings is 1. The molecule has 4 bridgehead atoms. The van der Waals surface area contributed by atoms with Crippen LogP contribution in [0.4, 0.5) is 0 Å². The van der Waals surface area contributed by atoms with Crippen molar-refractivity contribution in [1.82, 2.24) is 10.6 Å². The Morgan fingerprint density at radius 2 is 1.69 bits per heavy atom. The van der Waals surface area contributed by atoms with Crippen molar-refractivity contribution < 1.29 is 14.3 Å². The zero-order valence-corrected chi connectivity index (χ0v) is 17.7. The fourth-order valence-corrected chi connectivity index (χ4v) is 6.47. The number of amides is 2. The van der Waals surface area contributed by atoms with Gasteiger partial charge in [0, 0.05) is 25.4 Å². The van der Waals surface area contributed by atoms with E-state index in [1.165, 1.54) is 38.5 Å². The van der Waals surface area contributed by atoms with Crippen LogP contribution in [-0.2, 0) is 16.1 Å². The lowest BCUT2D eigenvalue weighted by molar-refractivity contribution is -0.129. The second-order valence-corrected chi connectivity index (χ2v) is 9.70. The molecule has 5 heteroatoms. The van der Waals surface area contributed by atoms with Crippen LogP contribution in [0.5, 0.6) is 5.75 Å². The Labute approximate surface area is 174 Å². The third kappa shape index (κ3) is 4.59. The van der Waals surface area contributed by atoms with Gasteiger partial charge in [-0.15, -0.1) is 0 Å². The molecule has 0 radical (unpaired) electrons. The van der Waals surface area contributed by atoms with Gasteiger partial charge >= 0.3 is 0 Å². The van der Waals surface area contributed by atoms with Gasteiger partial charge in [-0.25, -0.2) is 0 Å². The minimum absolute atomic E-state index is 0.00442. The summed E-state index contributed by atoms with van der Waals surface area (Å²) >= 11 is 0. The summed E-state index contributed by atoms with van der Waals surface area (Å²) in [6.45, 7) is 2.63. The molecule has 0 unspecified atom stereocenters. The molecule has 4 fully saturated rings. The molecule has 0 saturated heterocycles. The molecule has 1 aromatic rings. The van der Waals surface area contributed by atoms with Crippen molar-refractivity contribution in [3.05, 3.63) is 29.8 Å². The topological polar surface area (TPSA) is 67.4 Å². The number of nitrogens with one attached hydrogen (secondary N) is 2. The van der Waals surface area contributed by atoms with Crippen LogP contribution < -0.4 is 15.4 Å². The highest BCUT2D eigenvalue weighted by Gasteiger charge is 2.53. The molecular formula is C24H34N2O3. The van der Waals surface area contributed by atoms with E-state index < -0.39 is 0 Å². The van der Waals surface area contributed by atoms with Crippen LogP contribution in [0.2, 0.25) is 0 Å². The van der Waals surface area contributed by atoms with Crippen molar-refractivity contribution in [1.29, 1.82) is 0 Å². The standard InChI is InChI=1S/C24H34N2O3/c1-16(24-12-18-8-19(13-24)10-20(9-18)14-24)26-23(28)7-6-22(27)25-15-17-4-3-5-21(11-17)29-2/h3-5,11,16,18-20H,6-10,12-15H2,1-2H3,(H,25,27)(H,26,28)/t16-,18?,19?,20?,24?/m0/s1. The second kappa shape index (κ2) is 8.37. The molecule has 4 saturated carbocycles. The van der Waals surface area contributed by atoms with Gasteiger partial charge in [0.2, 0.25) is 11.8 Å². The monoisotopic (exact) mass is 398 g/mol. The van der Waals surface area contributed by atoms with Gasteiger partial charge in [-0.05, 0) is 86.3 Å². The minimum atomic E-state index is -0.0922. The van der Waals surface area contributed by atoms with E-state index in [9.17, 15) is 9.59 Å². The zero-order valence-electron chi connectivity index (χ0n) is 17.7. The molecule has 29 heavy (non-hydrogen) atoms. The van der Waals surface area contributed by atoms with Crippen molar-refractivity contribution in [3.8, 4) is 5.75 Å². The van der Waals surface area contributed by atoms with E-state index in [4.69, 9.17) is 4.74 Å². The lowest BCUT2D eigenvalue weighted by Gasteiger charge is -2.59. The lowest BCUT2D eigenvalue weighted by atomic mass is 9.48. The Morgan fingerprint density at radius 1 is 1.07 bits per heavy atom. The van der Waals surface area contributed by atoms with Gasteiger partial charge in [-0.1, -0.05) is 12.1 Å². The van der Waals surface area contributed by atoms with E-state index in [1.807, 2.05) is 24.3 Å². The van der Waals surface area contributed by atoms with Gasteiger partial charge in [0.1, 0.15) is 5.75 Å². The summed E-state index contributed by atoms with van der Waals surface area (Å²) < 4.78 is 5.20. The average Bonchev–Trinajstić information content (AvgIpc) is 2.70. The zero-order chi connectivity index (χ0) is 20.4. The Balaban J connectivity index is 1.21. The van der Waals surface area contributed by atoms with Crippen LogP contribution in [0.25, 0.3) is 0 Å². The van der Waals surface area contributed by atoms with Gasteiger partial charge in [0.15, 0.2) is 0 Å². The van der Waals surface area contributed by atoms with Crippen LogP contribution in [0.15, 0.2) is 24.3 Å². The van der Waals surface area contributed by atoms with Gasteiger partial charge in [-0.2, -0.15) is 0 Å². The van der Waals surface area contributed by atoms with Crippen molar-refractivity contribution in [2.24, 2.45) is 23.2 Å². The second-order valence-electron chi connectivity index (χ2n) is 9.70. The third-order valence-electron chi connectivity index (χ3n) is 7.58. The Kier molecular flexibility index (Phi) is 5.84. The number of carbonyl (C=O) groups is 2. The summed E-state index contributed by atoms with van der Waals surface area (Å²) in [5, 5.41) is 6.14. The largest absolute Gasteiger partial charge is 0.497 e. The van der Waals surface area contributed by atoms with Crippen molar-refractivity contribution in [2.45, 2.75) is 70.9 Å². The number of ether oxygens (including phenoxy) is 1. The van der Waals surface area contributed by atoms with Crippen LogP contribution in [0.1, 0.15) is 63.9 Å². The number of rotatable bonds is 8. The van der Waals surface area contributed by atoms with E-state index in [-0.39, 0.29) is 30.7 Å². The molecule has 4 aliphatic carbocycles. The van der Waals surface area contributed by atoms with E-state index in [0.29, 0.717) is 12.0 Å². The molecule has 5 nitrogen and oxygen atoms in total. The first-order valence-corrected chi connectivity index (χ1v) is 11.1. The minimum Gasteiger partial charge on any atom is -0.497 e. The van der Waals surface area contributed by atoms with Crippen LogP contribution in [-0.4, -0.2) is 25.0 Å². The SMILES string of the molecule is COc1cccc(CNC(=O)CCC(=O)N[C@@H](C)C23CC4CC(CC(C4)C2)C3)c1. The van der Waals surface area contributed by atoms with Crippen molar-refractivity contribution in [3.63, 3.8) is 0 Å².